The van der Waals surface area contributed by atoms with Crippen molar-refractivity contribution in [2.24, 2.45) is 0 Å². The van der Waals surface area contributed by atoms with Crippen LogP contribution in [0.4, 0.5) is 11.4 Å². The Morgan fingerprint density at radius 3 is 2.42 bits per heavy atom. The number of nitrogens with zero attached hydrogens (tertiary/aromatic N) is 1. The van der Waals surface area contributed by atoms with E-state index in [1.54, 1.807) is 6.07 Å². The number of amides is 1. The number of carbonyl (C=O) groups is 2. The molecule has 1 saturated heterocycles. The number of benzene rings is 2. The van der Waals surface area contributed by atoms with Crippen LogP contribution < -0.4 is 21.1 Å². The molecule has 1 amide bonds. The minimum Gasteiger partial charge on any atom is -0.453 e. The third-order valence-corrected chi connectivity index (χ3v) is 4.58. The number of hydrogen-bond acceptors (Lipinski definition) is 6. The van der Waals surface area contributed by atoms with Gasteiger partial charge in [-0.15, -0.1) is 0 Å². The van der Waals surface area contributed by atoms with Gasteiger partial charge < -0.3 is 30.8 Å². The van der Waals surface area contributed by atoms with E-state index in [-0.39, 0.29) is 5.91 Å². The van der Waals surface area contributed by atoms with Gasteiger partial charge in [-0.3, -0.25) is 4.79 Å². The number of piperazine rings is 1. The fourth-order valence-corrected chi connectivity index (χ4v) is 3.08. The molecule has 1 aliphatic rings. The van der Waals surface area contributed by atoms with Crippen LogP contribution in [0.2, 0.25) is 0 Å². The van der Waals surface area contributed by atoms with Crippen molar-refractivity contribution in [1.82, 2.24) is 10.2 Å². The monoisotopic (exact) mass is 428 g/mol. The minimum atomic E-state index is 0.00741. The number of hydrogen-bond donors (Lipinski definition) is 3. The number of unbranched alkanes of at least 4 members (excludes halogenated alkanes) is 1. The van der Waals surface area contributed by atoms with Gasteiger partial charge in [-0.05, 0) is 30.7 Å². The van der Waals surface area contributed by atoms with Crippen LogP contribution >= 0.6 is 0 Å². The fraction of sp³-hybridized carbons (Fsp3) is 0.417. The standard InChI is InChI=1S/C21H28N4O2.C2H6.CH2O/c1-2-3-9-24-19-15-16(21(26)25-12-10-23-11-13-25)14-18(22)20(19)27-17-7-5-4-6-8-17;2*1-2/h4-8,14-15,23-24H,2-3,9-13,22H2,1H3;1-2H3;1H2. The van der Waals surface area contributed by atoms with Crippen LogP contribution in [-0.4, -0.2) is 50.3 Å². The Kier molecular flexibility index (Phi) is 12.4. The van der Waals surface area contributed by atoms with Gasteiger partial charge in [-0.25, -0.2) is 0 Å². The average molecular weight is 429 g/mol. The van der Waals surface area contributed by atoms with Gasteiger partial charge in [-0.1, -0.05) is 45.4 Å². The summed E-state index contributed by atoms with van der Waals surface area (Å²) in [5.41, 5.74) is 8.10. The van der Waals surface area contributed by atoms with Crippen LogP contribution in [0, 0.1) is 0 Å². The number of anilines is 2. The first-order chi connectivity index (χ1) is 15.2. The Morgan fingerprint density at radius 1 is 1.16 bits per heavy atom. The second-order valence-electron chi connectivity index (χ2n) is 6.68. The predicted octanol–water partition coefficient (Wildman–Crippen LogP) is 4.16. The van der Waals surface area contributed by atoms with Crippen molar-refractivity contribution in [2.75, 3.05) is 43.8 Å². The summed E-state index contributed by atoms with van der Waals surface area (Å²) >= 11 is 0. The highest BCUT2D eigenvalue weighted by molar-refractivity contribution is 5.97. The summed E-state index contributed by atoms with van der Waals surface area (Å²) in [7, 11) is 0. The average Bonchev–Trinajstić information content (AvgIpc) is 2.84. The Balaban J connectivity index is 0.00000113. The van der Waals surface area contributed by atoms with E-state index in [4.69, 9.17) is 15.3 Å². The maximum Gasteiger partial charge on any atom is 0.254 e. The van der Waals surface area contributed by atoms with Gasteiger partial charge >= 0.3 is 0 Å². The Hall–Kier alpha value is -3.06. The Morgan fingerprint density at radius 2 is 1.81 bits per heavy atom. The molecule has 0 aliphatic carbocycles. The van der Waals surface area contributed by atoms with E-state index in [0.29, 0.717) is 35.8 Å². The highest BCUT2D eigenvalue weighted by Crippen LogP contribution is 2.37. The summed E-state index contributed by atoms with van der Waals surface area (Å²) in [6, 6.07) is 13.1. The topological polar surface area (TPSA) is 96.7 Å². The first-order valence-corrected chi connectivity index (χ1v) is 10.9. The third kappa shape index (κ3) is 7.94. The minimum absolute atomic E-state index is 0.00741. The molecule has 7 heteroatoms. The largest absolute Gasteiger partial charge is 0.453 e. The van der Waals surface area contributed by atoms with E-state index < -0.39 is 0 Å². The number of rotatable bonds is 7. The Bertz CT molecular complexity index is 778. The maximum atomic E-state index is 12.9. The lowest BCUT2D eigenvalue weighted by molar-refractivity contribution is -0.0980. The molecule has 1 aliphatic heterocycles. The molecule has 0 aromatic heterocycles. The van der Waals surface area contributed by atoms with Gasteiger partial charge in [0.25, 0.3) is 5.91 Å². The molecule has 2 aromatic rings. The van der Waals surface area contributed by atoms with Gasteiger partial charge in [0.2, 0.25) is 0 Å². The quantitative estimate of drug-likeness (QED) is 0.453. The first kappa shape index (κ1) is 26.0. The molecule has 0 unspecified atom stereocenters. The maximum absolute atomic E-state index is 12.9. The normalized spacial score (nSPS) is 12.5. The summed E-state index contributed by atoms with van der Waals surface area (Å²) in [5.74, 6) is 1.28. The van der Waals surface area contributed by atoms with Crippen LogP contribution in [0.25, 0.3) is 0 Å². The third-order valence-electron chi connectivity index (χ3n) is 4.58. The van der Waals surface area contributed by atoms with E-state index in [1.165, 1.54) is 0 Å². The molecule has 7 nitrogen and oxygen atoms in total. The van der Waals surface area contributed by atoms with Crippen LogP contribution in [0.1, 0.15) is 44.0 Å². The summed E-state index contributed by atoms with van der Waals surface area (Å²) in [6.07, 6.45) is 2.11. The Labute approximate surface area is 186 Å². The molecule has 4 N–H and O–H groups in total. The zero-order chi connectivity index (χ0) is 23.1. The lowest BCUT2D eigenvalue weighted by Crippen LogP contribution is -2.46. The zero-order valence-corrected chi connectivity index (χ0v) is 18.9. The van der Waals surface area contributed by atoms with Crippen LogP contribution in [-0.2, 0) is 4.79 Å². The second-order valence-corrected chi connectivity index (χ2v) is 6.68. The number of nitrogens with two attached hydrogens (primary N) is 1. The number of nitrogen functional groups attached to an aromatic ring is 1. The molecular formula is C24H36N4O3. The molecule has 0 atom stereocenters. The van der Waals surface area contributed by atoms with E-state index in [9.17, 15) is 4.79 Å². The van der Waals surface area contributed by atoms with Gasteiger partial charge in [0.05, 0.1) is 11.4 Å². The highest BCUT2D eigenvalue weighted by atomic mass is 16.5. The van der Waals surface area contributed by atoms with Crippen molar-refractivity contribution in [3.63, 3.8) is 0 Å². The van der Waals surface area contributed by atoms with Crippen LogP contribution in [0.15, 0.2) is 42.5 Å². The zero-order valence-electron chi connectivity index (χ0n) is 18.9. The molecular weight excluding hydrogens is 392 g/mol. The molecule has 170 valence electrons. The molecule has 0 bridgehead atoms. The molecule has 0 spiro atoms. The van der Waals surface area contributed by atoms with Gasteiger partial charge in [0.1, 0.15) is 12.5 Å². The highest BCUT2D eigenvalue weighted by Gasteiger charge is 2.21. The van der Waals surface area contributed by atoms with E-state index in [2.05, 4.69) is 17.6 Å². The van der Waals surface area contributed by atoms with Crippen molar-refractivity contribution in [1.29, 1.82) is 0 Å². The number of nitrogens with one attached hydrogen (secondary N) is 2. The second kappa shape index (κ2) is 14.8. The van der Waals surface area contributed by atoms with E-state index in [1.807, 2.05) is 61.9 Å². The van der Waals surface area contributed by atoms with Crippen molar-refractivity contribution < 1.29 is 14.3 Å². The summed E-state index contributed by atoms with van der Waals surface area (Å²) in [5, 5.41) is 6.65. The van der Waals surface area contributed by atoms with Crippen LogP contribution in [0.5, 0.6) is 11.5 Å². The lowest BCUT2D eigenvalue weighted by Gasteiger charge is -2.28. The van der Waals surface area contributed by atoms with E-state index in [0.717, 1.165) is 38.2 Å². The van der Waals surface area contributed by atoms with Gasteiger partial charge in [0.15, 0.2) is 5.75 Å². The SMILES string of the molecule is C=O.CC.CCCCNc1cc(C(=O)N2CCNCC2)cc(N)c1Oc1ccccc1. The molecule has 2 aromatic carbocycles. The number of carbonyl (C=O) groups excluding carboxylic acids is 2. The van der Waals surface area contributed by atoms with Crippen molar-refractivity contribution >= 4 is 24.1 Å². The molecule has 0 radical (unpaired) electrons. The fourth-order valence-electron chi connectivity index (χ4n) is 3.08. The molecule has 31 heavy (non-hydrogen) atoms. The smallest absolute Gasteiger partial charge is 0.254 e. The van der Waals surface area contributed by atoms with Crippen molar-refractivity contribution in [3.8, 4) is 11.5 Å². The summed E-state index contributed by atoms with van der Waals surface area (Å²) in [6.45, 7) is 12.0. The van der Waals surface area contributed by atoms with Crippen LogP contribution in [0.3, 0.4) is 0 Å². The first-order valence-electron chi connectivity index (χ1n) is 10.9. The summed E-state index contributed by atoms with van der Waals surface area (Å²) < 4.78 is 6.03. The van der Waals surface area contributed by atoms with Gasteiger partial charge in [-0.2, -0.15) is 0 Å². The molecule has 3 rings (SSSR count). The van der Waals surface area contributed by atoms with Gasteiger partial charge in [0, 0.05) is 38.3 Å². The number of ether oxygens (including phenoxy) is 1. The molecule has 1 fully saturated rings. The lowest BCUT2D eigenvalue weighted by atomic mass is 10.1. The van der Waals surface area contributed by atoms with Crippen molar-refractivity contribution in [3.05, 3.63) is 48.0 Å². The molecule has 1 heterocycles. The molecule has 0 saturated carbocycles. The van der Waals surface area contributed by atoms with E-state index >= 15 is 0 Å². The predicted molar refractivity (Wildman–Crippen MR) is 128 cm³/mol. The summed E-state index contributed by atoms with van der Waals surface area (Å²) in [4.78, 5) is 22.7. The number of para-hydroxylation sites is 1. The van der Waals surface area contributed by atoms with Crippen molar-refractivity contribution in [2.45, 2.75) is 33.6 Å².